The zero-order valence-electron chi connectivity index (χ0n) is 15.0. The molecule has 1 saturated heterocycles. The Morgan fingerprint density at radius 2 is 1.86 bits per heavy atom. The van der Waals surface area contributed by atoms with Crippen LogP contribution in [-0.2, 0) is 14.8 Å². The van der Waals surface area contributed by atoms with Crippen LogP contribution in [0.2, 0.25) is 5.02 Å². The van der Waals surface area contributed by atoms with E-state index < -0.39 is 26.7 Å². The largest absolute Gasteiger partial charge is 0.379 e. The number of morpholine rings is 1. The molecule has 0 unspecified atom stereocenters. The predicted molar refractivity (Wildman–Crippen MR) is 105 cm³/mol. The minimum atomic E-state index is -4.00. The van der Waals surface area contributed by atoms with E-state index in [1.54, 1.807) is 0 Å². The number of hydrogen-bond acceptors (Lipinski definition) is 6. The van der Waals surface area contributed by atoms with Crippen LogP contribution in [0.3, 0.4) is 0 Å². The average Bonchev–Trinajstić information content (AvgIpc) is 2.69. The third-order valence-corrected chi connectivity index (χ3v) is 6.26. The molecule has 28 heavy (non-hydrogen) atoms. The summed E-state index contributed by atoms with van der Waals surface area (Å²) in [6.45, 7) is 3.06. The van der Waals surface area contributed by atoms with Crippen molar-refractivity contribution in [2.75, 3.05) is 32.8 Å². The van der Waals surface area contributed by atoms with Crippen LogP contribution in [0.4, 0.5) is 5.69 Å². The SMILES string of the molecule is O=[N+]([O-])c1cc(S(=O)(=O)N[C@@H](CN2CCOCC2)c2ccccc2)ccc1Cl. The molecule has 150 valence electrons. The molecule has 1 aliphatic heterocycles. The van der Waals surface area contributed by atoms with Crippen molar-refractivity contribution < 1.29 is 18.1 Å². The van der Waals surface area contributed by atoms with Gasteiger partial charge in [0, 0.05) is 25.7 Å². The summed E-state index contributed by atoms with van der Waals surface area (Å²) in [6.07, 6.45) is 0. The average molecular weight is 426 g/mol. The molecule has 0 aromatic heterocycles. The molecular weight excluding hydrogens is 406 g/mol. The first-order valence-electron chi connectivity index (χ1n) is 8.68. The number of rotatable bonds is 7. The lowest BCUT2D eigenvalue weighted by Gasteiger charge is -2.31. The second-order valence-electron chi connectivity index (χ2n) is 6.37. The smallest absolute Gasteiger partial charge is 0.289 e. The van der Waals surface area contributed by atoms with Crippen molar-refractivity contribution in [2.24, 2.45) is 0 Å². The van der Waals surface area contributed by atoms with Crippen LogP contribution in [0.15, 0.2) is 53.4 Å². The molecule has 2 aromatic carbocycles. The minimum absolute atomic E-state index is 0.114. The Balaban J connectivity index is 1.88. The summed E-state index contributed by atoms with van der Waals surface area (Å²) in [5.41, 5.74) is 0.356. The summed E-state index contributed by atoms with van der Waals surface area (Å²) in [5.74, 6) is 0. The number of ether oxygens (including phenoxy) is 1. The Kier molecular flexibility index (Phi) is 6.63. The normalized spacial score (nSPS) is 16.6. The van der Waals surface area contributed by atoms with Gasteiger partial charge in [0.2, 0.25) is 10.0 Å². The van der Waals surface area contributed by atoms with Crippen LogP contribution in [0.25, 0.3) is 0 Å². The summed E-state index contributed by atoms with van der Waals surface area (Å²) in [5, 5.41) is 11.0. The third-order valence-electron chi connectivity index (χ3n) is 4.47. The highest BCUT2D eigenvalue weighted by Gasteiger charge is 2.26. The highest BCUT2D eigenvalue weighted by molar-refractivity contribution is 7.89. The molecule has 1 fully saturated rings. The molecule has 1 aliphatic rings. The van der Waals surface area contributed by atoms with Gasteiger partial charge in [-0.05, 0) is 17.7 Å². The van der Waals surface area contributed by atoms with Gasteiger partial charge in [0.1, 0.15) is 5.02 Å². The number of sulfonamides is 1. The predicted octanol–water partition coefficient (Wildman–Crippen LogP) is 2.60. The van der Waals surface area contributed by atoms with Crippen LogP contribution in [0.1, 0.15) is 11.6 Å². The first kappa shape index (κ1) is 20.7. The van der Waals surface area contributed by atoms with Gasteiger partial charge in [0.05, 0.1) is 29.1 Å². The highest BCUT2D eigenvalue weighted by atomic mass is 35.5. The molecule has 0 radical (unpaired) electrons. The molecule has 0 saturated carbocycles. The van der Waals surface area contributed by atoms with Gasteiger partial charge in [-0.25, -0.2) is 13.1 Å². The molecule has 10 heteroatoms. The Morgan fingerprint density at radius 3 is 2.50 bits per heavy atom. The van der Waals surface area contributed by atoms with Crippen molar-refractivity contribution in [1.29, 1.82) is 0 Å². The van der Waals surface area contributed by atoms with Crippen LogP contribution in [0, 0.1) is 10.1 Å². The van der Waals surface area contributed by atoms with E-state index in [1.165, 1.54) is 12.1 Å². The molecule has 2 aromatic rings. The molecule has 0 aliphatic carbocycles. The van der Waals surface area contributed by atoms with E-state index in [0.717, 1.165) is 11.6 Å². The molecular formula is C18H20ClN3O5S. The molecule has 3 rings (SSSR count). The number of nitro groups is 1. The maximum Gasteiger partial charge on any atom is 0.289 e. The van der Waals surface area contributed by atoms with Gasteiger partial charge in [-0.2, -0.15) is 0 Å². The molecule has 0 spiro atoms. The number of benzene rings is 2. The van der Waals surface area contributed by atoms with E-state index in [-0.39, 0.29) is 9.92 Å². The van der Waals surface area contributed by atoms with E-state index in [1.807, 2.05) is 30.3 Å². The van der Waals surface area contributed by atoms with Crippen LogP contribution >= 0.6 is 11.6 Å². The monoisotopic (exact) mass is 425 g/mol. The van der Waals surface area contributed by atoms with Gasteiger partial charge in [0.25, 0.3) is 5.69 Å². The summed E-state index contributed by atoms with van der Waals surface area (Å²) in [7, 11) is -4.00. The minimum Gasteiger partial charge on any atom is -0.379 e. The van der Waals surface area contributed by atoms with Crippen molar-refractivity contribution in [1.82, 2.24) is 9.62 Å². The number of nitrogens with zero attached hydrogens (tertiary/aromatic N) is 2. The fourth-order valence-electron chi connectivity index (χ4n) is 2.99. The lowest BCUT2D eigenvalue weighted by Crippen LogP contribution is -2.43. The second kappa shape index (κ2) is 8.97. The molecule has 0 amide bonds. The molecule has 1 N–H and O–H groups in total. The van der Waals surface area contributed by atoms with E-state index in [2.05, 4.69) is 9.62 Å². The van der Waals surface area contributed by atoms with Crippen molar-refractivity contribution in [2.45, 2.75) is 10.9 Å². The number of nitrogens with one attached hydrogen (secondary N) is 1. The van der Waals surface area contributed by atoms with Crippen LogP contribution in [-0.4, -0.2) is 51.1 Å². The Morgan fingerprint density at radius 1 is 1.18 bits per heavy atom. The van der Waals surface area contributed by atoms with Crippen molar-refractivity contribution >= 4 is 27.3 Å². The van der Waals surface area contributed by atoms with Crippen molar-refractivity contribution in [3.8, 4) is 0 Å². The zero-order chi connectivity index (χ0) is 20.1. The van der Waals surface area contributed by atoms with Gasteiger partial charge < -0.3 is 4.74 Å². The van der Waals surface area contributed by atoms with Crippen LogP contribution in [0.5, 0.6) is 0 Å². The van der Waals surface area contributed by atoms with E-state index in [0.29, 0.717) is 32.8 Å². The summed E-state index contributed by atoms with van der Waals surface area (Å²) >= 11 is 5.80. The van der Waals surface area contributed by atoms with Gasteiger partial charge in [-0.3, -0.25) is 15.0 Å². The number of nitro benzene ring substituents is 1. The first-order chi connectivity index (χ1) is 13.4. The topological polar surface area (TPSA) is 102 Å². The fraction of sp³-hybridized carbons (Fsp3) is 0.333. The van der Waals surface area contributed by atoms with Gasteiger partial charge >= 0.3 is 0 Å². The van der Waals surface area contributed by atoms with Gasteiger partial charge in [0.15, 0.2) is 0 Å². The van der Waals surface area contributed by atoms with Crippen molar-refractivity contribution in [3.63, 3.8) is 0 Å². The molecule has 1 heterocycles. The molecule has 0 bridgehead atoms. The lowest BCUT2D eigenvalue weighted by molar-refractivity contribution is -0.384. The number of hydrogen-bond donors (Lipinski definition) is 1. The maximum atomic E-state index is 12.9. The third kappa shape index (κ3) is 5.06. The standard InChI is InChI=1S/C18H20ClN3O5S/c19-16-7-6-15(12-18(16)22(23)24)28(25,26)20-17(14-4-2-1-3-5-14)13-21-8-10-27-11-9-21/h1-7,12,17,20H,8-11,13H2/t17-/m0/s1. The molecule has 1 atom stereocenters. The Hall–Kier alpha value is -2.04. The molecule has 8 nitrogen and oxygen atoms in total. The summed E-state index contributed by atoms with van der Waals surface area (Å²) in [6, 6.07) is 12.1. The van der Waals surface area contributed by atoms with E-state index >= 15 is 0 Å². The quantitative estimate of drug-likeness (QED) is 0.540. The Bertz CT molecular complexity index is 933. The van der Waals surface area contributed by atoms with Crippen molar-refractivity contribution in [3.05, 3.63) is 69.2 Å². The van der Waals surface area contributed by atoms with Gasteiger partial charge in [-0.1, -0.05) is 41.9 Å². The highest BCUT2D eigenvalue weighted by Crippen LogP contribution is 2.28. The zero-order valence-corrected chi connectivity index (χ0v) is 16.5. The van der Waals surface area contributed by atoms with Gasteiger partial charge in [-0.15, -0.1) is 0 Å². The lowest BCUT2D eigenvalue weighted by atomic mass is 10.1. The number of halogens is 1. The Labute approximate surface area is 168 Å². The maximum absolute atomic E-state index is 12.9. The summed E-state index contributed by atoms with van der Waals surface area (Å²) in [4.78, 5) is 12.3. The summed E-state index contributed by atoms with van der Waals surface area (Å²) < 4.78 is 33.9. The fourth-order valence-corrected chi connectivity index (χ4v) is 4.41. The second-order valence-corrected chi connectivity index (χ2v) is 8.49. The first-order valence-corrected chi connectivity index (χ1v) is 10.5. The van der Waals surface area contributed by atoms with E-state index in [9.17, 15) is 18.5 Å². The van der Waals surface area contributed by atoms with Crippen LogP contribution < -0.4 is 4.72 Å². The van der Waals surface area contributed by atoms with E-state index in [4.69, 9.17) is 16.3 Å².